The van der Waals surface area contributed by atoms with Crippen LogP contribution in [0.3, 0.4) is 0 Å². The van der Waals surface area contributed by atoms with Crippen LogP contribution in [0.2, 0.25) is 0 Å². The number of carbonyl (C=O) groups is 1. The maximum Gasteiger partial charge on any atom is 0.251 e. The highest BCUT2D eigenvalue weighted by Crippen LogP contribution is 2.17. The van der Waals surface area contributed by atoms with E-state index in [0.717, 1.165) is 43.2 Å². The Morgan fingerprint density at radius 1 is 1.20 bits per heavy atom. The topological polar surface area (TPSA) is 50.8 Å². The zero-order valence-corrected chi connectivity index (χ0v) is 14.9. The van der Waals surface area contributed by atoms with Gasteiger partial charge in [0.2, 0.25) is 0 Å². The van der Waals surface area contributed by atoms with E-state index in [2.05, 4.69) is 16.3 Å². The van der Waals surface area contributed by atoms with E-state index >= 15 is 0 Å². The Balaban J connectivity index is 1.61. The van der Waals surface area contributed by atoms with Crippen LogP contribution >= 0.6 is 0 Å². The summed E-state index contributed by atoms with van der Waals surface area (Å²) >= 11 is 0. The second kappa shape index (κ2) is 8.43. The number of methoxy groups -OCH3 is 2. The van der Waals surface area contributed by atoms with Gasteiger partial charge in [0.25, 0.3) is 5.91 Å². The molecule has 2 aromatic rings. The summed E-state index contributed by atoms with van der Waals surface area (Å²) in [5.41, 5.74) is 0.711. The Bertz CT molecular complexity index is 715. The third-order valence-corrected chi connectivity index (χ3v) is 4.79. The van der Waals surface area contributed by atoms with Crippen molar-refractivity contribution in [2.45, 2.75) is 25.2 Å². The lowest BCUT2D eigenvalue weighted by molar-refractivity contribution is -0.118. The van der Waals surface area contributed by atoms with Crippen LogP contribution in [0.15, 0.2) is 42.5 Å². The third-order valence-electron chi connectivity index (χ3n) is 4.79. The van der Waals surface area contributed by atoms with Crippen molar-refractivity contribution in [1.29, 1.82) is 0 Å². The zero-order valence-electron chi connectivity index (χ0n) is 14.9. The Morgan fingerprint density at radius 3 is 2.72 bits per heavy atom. The number of nitrogens with zero attached hydrogens (tertiary/aromatic N) is 1. The molecule has 1 amide bonds. The molecule has 0 spiro atoms. The van der Waals surface area contributed by atoms with E-state index in [0.29, 0.717) is 5.56 Å². The van der Waals surface area contributed by atoms with E-state index in [-0.39, 0.29) is 18.2 Å². The largest absolute Gasteiger partial charge is 0.355 e. The summed E-state index contributed by atoms with van der Waals surface area (Å²) < 4.78 is 10.6. The van der Waals surface area contributed by atoms with Gasteiger partial charge in [0.15, 0.2) is 6.29 Å². The SMILES string of the molecule is COC(CN1CCCC(NC(=O)c2ccc3ccccc3c2)C1)OC. The monoisotopic (exact) mass is 342 g/mol. The molecule has 1 N–H and O–H groups in total. The molecule has 2 aromatic carbocycles. The molecule has 0 bridgehead atoms. The summed E-state index contributed by atoms with van der Waals surface area (Å²) in [5.74, 6) is -0.00682. The number of piperidine rings is 1. The molecule has 0 radical (unpaired) electrons. The van der Waals surface area contributed by atoms with Crippen molar-refractivity contribution in [3.8, 4) is 0 Å². The van der Waals surface area contributed by atoms with Gasteiger partial charge in [0.05, 0.1) is 0 Å². The molecular weight excluding hydrogens is 316 g/mol. The minimum atomic E-state index is -0.227. The Kier molecular flexibility index (Phi) is 6.02. The Hall–Kier alpha value is -1.95. The van der Waals surface area contributed by atoms with Gasteiger partial charge in [-0.1, -0.05) is 30.3 Å². The van der Waals surface area contributed by atoms with Gasteiger partial charge in [-0.3, -0.25) is 9.69 Å². The smallest absolute Gasteiger partial charge is 0.251 e. The number of hydrogen-bond acceptors (Lipinski definition) is 4. The molecule has 1 aliphatic heterocycles. The minimum absolute atomic E-state index is 0.00682. The van der Waals surface area contributed by atoms with Gasteiger partial charge in [-0.15, -0.1) is 0 Å². The van der Waals surface area contributed by atoms with Gasteiger partial charge < -0.3 is 14.8 Å². The number of fused-ring (bicyclic) bond motifs is 1. The van der Waals surface area contributed by atoms with Crippen molar-refractivity contribution in [2.75, 3.05) is 33.9 Å². The average Bonchev–Trinajstić information content (AvgIpc) is 2.66. The molecule has 5 nitrogen and oxygen atoms in total. The number of likely N-dealkylation sites (tertiary alicyclic amines) is 1. The van der Waals surface area contributed by atoms with Crippen LogP contribution in [0.5, 0.6) is 0 Å². The van der Waals surface area contributed by atoms with Crippen molar-refractivity contribution in [3.05, 3.63) is 48.0 Å². The van der Waals surface area contributed by atoms with E-state index < -0.39 is 0 Å². The molecule has 1 unspecified atom stereocenters. The molecule has 5 heteroatoms. The van der Waals surface area contributed by atoms with Crippen LogP contribution in [0.1, 0.15) is 23.2 Å². The molecule has 1 aliphatic rings. The fourth-order valence-corrected chi connectivity index (χ4v) is 3.39. The highest BCUT2D eigenvalue weighted by molar-refractivity contribution is 5.98. The second-order valence-electron chi connectivity index (χ2n) is 6.54. The lowest BCUT2D eigenvalue weighted by Gasteiger charge is -2.34. The first-order valence-corrected chi connectivity index (χ1v) is 8.77. The van der Waals surface area contributed by atoms with Crippen LogP contribution in [0.25, 0.3) is 10.8 Å². The van der Waals surface area contributed by atoms with Crippen molar-refractivity contribution >= 4 is 16.7 Å². The number of benzene rings is 2. The third kappa shape index (κ3) is 4.57. The van der Waals surface area contributed by atoms with Crippen LogP contribution in [0, 0.1) is 0 Å². The van der Waals surface area contributed by atoms with Gasteiger partial charge >= 0.3 is 0 Å². The van der Waals surface area contributed by atoms with Crippen molar-refractivity contribution in [2.24, 2.45) is 0 Å². The van der Waals surface area contributed by atoms with Crippen LogP contribution in [-0.2, 0) is 9.47 Å². The average molecular weight is 342 g/mol. The summed E-state index contributed by atoms with van der Waals surface area (Å²) in [7, 11) is 3.30. The normalized spacial score (nSPS) is 18.6. The molecule has 0 saturated carbocycles. The summed E-state index contributed by atoms with van der Waals surface area (Å²) in [6.45, 7) is 2.55. The first-order valence-electron chi connectivity index (χ1n) is 8.77. The first kappa shape index (κ1) is 17.9. The molecule has 25 heavy (non-hydrogen) atoms. The van der Waals surface area contributed by atoms with E-state index in [4.69, 9.17) is 9.47 Å². The molecular formula is C20H26N2O3. The maximum absolute atomic E-state index is 12.6. The lowest BCUT2D eigenvalue weighted by Crippen LogP contribution is -2.49. The zero-order chi connectivity index (χ0) is 17.6. The summed E-state index contributed by atoms with van der Waals surface area (Å²) in [6.07, 6.45) is 1.83. The summed E-state index contributed by atoms with van der Waals surface area (Å²) in [5, 5.41) is 5.41. The van der Waals surface area contributed by atoms with Gasteiger partial charge in [0, 0.05) is 38.9 Å². The predicted molar refractivity (Wildman–Crippen MR) is 98.7 cm³/mol. The number of carbonyl (C=O) groups excluding carboxylic acids is 1. The number of rotatable bonds is 6. The minimum Gasteiger partial charge on any atom is -0.355 e. The molecule has 1 fully saturated rings. The standard InChI is InChI=1S/C20H26N2O3/c1-24-19(25-2)14-22-11-5-8-18(13-22)21-20(23)17-10-9-15-6-3-4-7-16(15)12-17/h3-4,6-7,9-10,12,18-19H,5,8,11,13-14H2,1-2H3,(H,21,23). The Morgan fingerprint density at radius 2 is 1.96 bits per heavy atom. The lowest BCUT2D eigenvalue weighted by atomic mass is 10.0. The highest BCUT2D eigenvalue weighted by atomic mass is 16.7. The van der Waals surface area contributed by atoms with Crippen molar-refractivity contribution in [3.63, 3.8) is 0 Å². The van der Waals surface area contributed by atoms with Crippen molar-refractivity contribution in [1.82, 2.24) is 10.2 Å². The molecule has 1 saturated heterocycles. The molecule has 134 valence electrons. The van der Waals surface area contributed by atoms with Gasteiger partial charge in [-0.25, -0.2) is 0 Å². The highest BCUT2D eigenvalue weighted by Gasteiger charge is 2.23. The second-order valence-corrected chi connectivity index (χ2v) is 6.54. The van der Waals surface area contributed by atoms with Crippen LogP contribution in [-0.4, -0.2) is 57.0 Å². The number of nitrogens with one attached hydrogen (secondary N) is 1. The van der Waals surface area contributed by atoms with E-state index in [1.54, 1.807) is 14.2 Å². The van der Waals surface area contributed by atoms with Gasteiger partial charge in [0.1, 0.15) is 0 Å². The van der Waals surface area contributed by atoms with Crippen LogP contribution in [0.4, 0.5) is 0 Å². The van der Waals surface area contributed by atoms with Crippen molar-refractivity contribution < 1.29 is 14.3 Å². The Labute approximate surface area is 148 Å². The van der Waals surface area contributed by atoms with Crippen LogP contribution < -0.4 is 5.32 Å². The molecule has 1 heterocycles. The van der Waals surface area contributed by atoms with Gasteiger partial charge in [-0.2, -0.15) is 0 Å². The molecule has 3 rings (SSSR count). The first-order chi connectivity index (χ1) is 12.2. The maximum atomic E-state index is 12.6. The van der Waals surface area contributed by atoms with E-state index in [1.165, 1.54) is 0 Å². The number of ether oxygens (including phenoxy) is 2. The molecule has 0 aromatic heterocycles. The summed E-state index contributed by atoms with van der Waals surface area (Å²) in [6, 6.07) is 14.1. The van der Waals surface area contributed by atoms with E-state index in [1.807, 2.05) is 36.4 Å². The van der Waals surface area contributed by atoms with Gasteiger partial charge in [-0.05, 0) is 42.3 Å². The molecule has 1 atom stereocenters. The quantitative estimate of drug-likeness (QED) is 0.820. The predicted octanol–water partition coefficient (Wildman–Crippen LogP) is 2.65. The number of amides is 1. The number of hydrogen-bond donors (Lipinski definition) is 1. The fourth-order valence-electron chi connectivity index (χ4n) is 3.39. The molecule has 0 aliphatic carbocycles. The van der Waals surface area contributed by atoms with E-state index in [9.17, 15) is 4.79 Å². The summed E-state index contributed by atoms with van der Waals surface area (Å²) in [4.78, 5) is 14.9. The fraction of sp³-hybridized carbons (Fsp3) is 0.450.